The van der Waals surface area contributed by atoms with E-state index in [2.05, 4.69) is 32.3 Å². The molecule has 5 rings (SSSR count). The second-order valence-electron chi connectivity index (χ2n) is 7.08. The molecule has 0 atom stereocenters. The Morgan fingerprint density at radius 3 is 2.86 bits per heavy atom. The van der Waals surface area contributed by atoms with E-state index >= 15 is 0 Å². The molecule has 1 aromatic carbocycles. The molecule has 29 heavy (non-hydrogen) atoms. The van der Waals surface area contributed by atoms with E-state index in [4.69, 9.17) is 16.6 Å². The van der Waals surface area contributed by atoms with Crippen LogP contribution in [0.5, 0.6) is 0 Å². The van der Waals surface area contributed by atoms with Crippen molar-refractivity contribution >= 4 is 45.7 Å². The van der Waals surface area contributed by atoms with Crippen molar-refractivity contribution in [2.75, 3.05) is 6.61 Å². The highest BCUT2D eigenvalue weighted by molar-refractivity contribution is 7.98. The van der Waals surface area contributed by atoms with Gasteiger partial charge in [-0.05, 0) is 42.5 Å². The Morgan fingerprint density at radius 1 is 1.21 bits per heavy atom. The zero-order valence-corrected chi connectivity index (χ0v) is 18.1. The van der Waals surface area contributed by atoms with E-state index in [1.165, 1.54) is 17.7 Å². The highest BCUT2D eigenvalue weighted by atomic mass is 35.5. The van der Waals surface area contributed by atoms with Gasteiger partial charge in [0, 0.05) is 28.9 Å². The summed E-state index contributed by atoms with van der Waals surface area (Å²) in [6.07, 6.45) is 3.19. The number of benzene rings is 1. The summed E-state index contributed by atoms with van der Waals surface area (Å²) in [4.78, 5) is 6.07. The van der Waals surface area contributed by atoms with Crippen molar-refractivity contribution in [3.8, 4) is 0 Å². The van der Waals surface area contributed by atoms with Crippen LogP contribution in [-0.4, -0.2) is 36.0 Å². The van der Waals surface area contributed by atoms with Gasteiger partial charge in [-0.2, -0.15) is 0 Å². The molecule has 6 nitrogen and oxygen atoms in total. The largest absolute Gasteiger partial charge is 0.395 e. The molecular weight excluding hydrogens is 426 g/mol. The molecule has 0 saturated heterocycles. The summed E-state index contributed by atoms with van der Waals surface area (Å²) < 4.78 is 4.35. The maximum atomic E-state index is 9.51. The predicted molar refractivity (Wildman–Crippen MR) is 117 cm³/mol. The summed E-state index contributed by atoms with van der Waals surface area (Å²) >= 11 is 9.58. The molecule has 0 spiro atoms. The second kappa shape index (κ2) is 8.10. The Balaban J connectivity index is 1.41. The number of hydrogen-bond acceptors (Lipinski definition) is 6. The third-order valence-corrected chi connectivity index (χ3v) is 7.05. The van der Waals surface area contributed by atoms with Crippen molar-refractivity contribution in [1.29, 1.82) is 0 Å². The lowest BCUT2D eigenvalue weighted by Gasteiger charge is -2.09. The van der Waals surface area contributed by atoms with Gasteiger partial charge in [0.1, 0.15) is 11.6 Å². The van der Waals surface area contributed by atoms with E-state index in [1.807, 2.05) is 22.8 Å². The molecule has 3 heterocycles. The first-order valence-corrected chi connectivity index (χ1v) is 11.8. The molecule has 150 valence electrons. The number of thioether (sulfide) groups is 1. The molecule has 0 radical (unpaired) electrons. The number of aliphatic hydroxyl groups excluding tert-OH is 1. The first kappa shape index (κ1) is 19.1. The first-order valence-electron chi connectivity index (χ1n) is 9.57. The van der Waals surface area contributed by atoms with E-state index in [9.17, 15) is 5.11 Å². The van der Waals surface area contributed by atoms with Crippen LogP contribution in [0, 0.1) is 0 Å². The van der Waals surface area contributed by atoms with Crippen LogP contribution in [0.1, 0.15) is 35.4 Å². The topological polar surface area (TPSA) is 68.8 Å². The third kappa shape index (κ3) is 3.94. The normalized spacial score (nSPS) is 14.1. The zero-order chi connectivity index (χ0) is 19.8. The molecule has 1 aliphatic rings. The van der Waals surface area contributed by atoms with Crippen LogP contribution in [0.25, 0.3) is 11.0 Å². The monoisotopic (exact) mass is 445 g/mol. The fourth-order valence-electron chi connectivity index (χ4n) is 3.53. The lowest BCUT2D eigenvalue weighted by molar-refractivity contribution is 0.276. The number of imidazole rings is 1. The summed E-state index contributed by atoms with van der Waals surface area (Å²) in [7, 11) is 0. The molecule has 0 bridgehead atoms. The summed E-state index contributed by atoms with van der Waals surface area (Å²) in [5.41, 5.74) is 1.84. The lowest BCUT2D eigenvalue weighted by Crippen LogP contribution is -2.07. The number of nitrogens with zero attached hydrogens (tertiary/aromatic N) is 5. The van der Waals surface area contributed by atoms with Gasteiger partial charge in [0.05, 0.1) is 23.4 Å². The molecule has 1 saturated carbocycles. The van der Waals surface area contributed by atoms with E-state index in [0.29, 0.717) is 23.4 Å². The number of rotatable bonds is 8. The van der Waals surface area contributed by atoms with Crippen LogP contribution in [0.2, 0.25) is 5.02 Å². The van der Waals surface area contributed by atoms with Gasteiger partial charge in [0.15, 0.2) is 5.16 Å². The number of hydrogen-bond donors (Lipinski definition) is 1. The molecule has 0 amide bonds. The van der Waals surface area contributed by atoms with Gasteiger partial charge in [0.2, 0.25) is 0 Å². The van der Waals surface area contributed by atoms with Gasteiger partial charge in [-0.25, -0.2) is 4.98 Å². The Kier molecular flexibility index (Phi) is 5.34. The molecule has 4 aromatic rings. The minimum atomic E-state index is 0.0544. The molecule has 9 heteroatoms. The summed E-state index contributed by atoms with van der Waals surface area (Å²) in [5, 5.41) is 22.2. The number of halogens is 1. The van der Waals surface area contributed by atoms with Crippen molar-refractivity contribution in [1.82, 2.24) is 24.3 Å². The standard InChI is InChI=1S/C20H20ClN5OS2/c21-13-3-6-16-17(10-13)25(7-8-27)19(22-16)12-29-20-24-23-18(26(20)14-4-5-14)11-15-2-1-9-28-15/h1-3,6,9-10,14,27H,4-5,7-8,11-12H2. The number of aromatic nitrogens is 5. The van der Waals surface area contributed by atoms with Crippen molar-refractivity contribution in [2.45, 2.75) is 42.8 Å². The van der Waals surface area contributed by atoms with Crippen molar-refractivity contribution in [2.24, 2.45) is 0 Å². The molecule has 0 aliphatic heterocycles. The Labute approximate surface area is 181 Å². The van der Waals surface area contributed by atoms with E-state index < -0.39 is 0 Å². The van der Waals surface area contributed by atoms with Crippen LogP contribution in [0.3, 0.4) is 0 Å². The first-order chi connectivity index (χ1) is 14.2. The number of aliphatic hydroxyl groups is 1. The zero-order valence-electron chi connectivity index (χ0n) is 15.7. The van der Waals surface area contributed by atoms with Gasteiger partial charge in [0.25, 0.3) is 0 Å². The van der Waals surface area contributed by atoms with Crippen LogP contribution in [0.4, 0.5) is 0 Å². The maximum absolute atomic E-state index is 9.51. The lowest BCUT2D eigenvalue weighted by atomic mass is 10.3. The van der Waals surface area contributed by atoms with Crippen LogP contribution < -0.4 is 0 Å². The summed E-state index contributed by atoms with van der Waals surface area (Å²) in [5.74, 6) is 2.61. The summed E-state index contributed by atoms with van der Waals surface area (Å²) in [6.45, 7) is 0.546. The van der Waals surface area contributed by atoms with Gasteiger partial charge < -0.3 is 14.2 Å². The third-order valence-electron chi connectivity index (χ3n) is 5.00. The minimum absolute atomic E-state index is 0.0544. The second-order valence-corrected chi connectivity index (χ2v) is 9.49. The molecule has 1 aliphatic carbocycles. The van der Waals surface area contributed by atoms with Gasteiger partial charge >= 0.3 is 0 Å². The molecular formula is C20H20ClN5OS2. The Hall–Kier alpha value is -1.87. The number of fused-ring (bicyclic) bond motifs is 1. The quantitative estimate of drug-likeness (QED) is 0.403. The van der Waals surface area contributed by atoms with E-state index in [-0.39, 0.29) is 6.61 Å². The smallest absolute Gasteiger partial charge is 0.191 e. The molecule has 1 N–H and O–H groups in total. The van der Waals surface area contributed by atoms with E-state index in [1.54, 1.807) is 23.1 Å². The van der Waals surface area contributed by atoms with E-state index in [0.717, 1.165) is 34.3 Å². The molecule has 1 fully saturated rings. The highest BCUT2D eigenvalue weighted by Gasteiger charge is 2.30. The van der Waals surface area contributed by atoms with Crippen molar-refractivity contribution in [3.05, 3.63) is 57.3 Å². The van der Waals surface area contributed by atoms with Crippen molar-refractivity contribution in [3.63, 3.8) is 0 Å². The fraction of sp³-hybridized carbons (Fsp3) is 0.350. The minimum Gasteiger partial charge on any atom is -0.395 e. The maximum Gasteiger partial charge on any atom is 0.191 e. The average molecular weight is 446 g/mol. The molecule has 3 aromatic heterocycles. The Bertz CT molecular complexity index is 1130. The van der Waals surface area contributed by atoms with Gasteiger partial charge in [-0.3, -0.25) is 0 Å². The average Bonchev–Trinajstić information content (AvgIpc) is 3.11. The van der Waals surface area contributed by atoms with Crippen molar-refractivity contribution < 1.29 is 5.11 Å². The summed E-state index contributed by atoms with van der Waals surface area (Å²) in [6, 6.07) is 10.4. The van der Waals surface area contributed by atoms with Gasteiger partial charge in [-0.1, -0.05) is 29.4 Å². The van der Waals surface area contributed by atoms with Crippen LogP contribution in [0.15, 0.2) is 40.9 Å². The molecule has 0 unspecified atom stereocenters. The van der Waals surface area contributed by atoms with Crippen LogP contribution >= 0.6 is 34.7 Å². The van der Waals surface area contributed by atoms with Gasteiger partial charge in [-0.15, -0.1) is 21.5 Å². The highest BCUT2D eigenvalue weighted by Crippen LogP contribution is 2.40. The van der Waals surface area contributed by atoms with Crippen LogP contribution in [-0.2, 0) is 18.7 Å². The fourth-order valence-corrected chi connectivity index (χ4v) is 5.37. The number of thiophene rings is 1. The predicted octanol–water partition coefficient (Wildman–Crippen LogP) is 4.55. The SMILES string of the molecule is OCCn1c(CSc2nnc(Cc3cccs3)n2C2CC2)nc2ccc(Cl)cc21. The Morgan fingerprint density at radius 2 is 2.10 bits per heavy atom.